The van der Waals surface area contributed by atoms with E-state index >= 15 is 0 Å². The summed E-state index contributed by atoms with van der Waals surface area (Å²) < 4.78 is 41.2. The van der Waals surface area contributed by atoms with Gasteiger partial charge in [0.15, 0.2) is 0 Å². The van der Waals surface area contributed by atoms with Crippen molar-refractivity contribution >= 4 is 0 Å². The van der Waals surface area contributed by atoms with Gasteiger partial charge in [0, 0.05) is 12.5 Å². The minimum absolute atomic E-state index is 0.157. The van der Waals surface area contributed by atoms with Crippen molar-refractivity contribution in [3.05, 3.63) is 29.8 Å². The van der Waals surface area contributed by atoms with Crippen molar-refractivity contribution in [3.63, 3.8) is 0 Å². The molecule has 1 aliphatic carbocycles. The van der Waals surface area contributed by atoms with E-state index in [4.69, 9.17) is 4.74 Å². The Morgan fingerprint density at radius 3 is 2.70 bits per heavy atom. The zero-order valence-electron chi connectivity index (χ0n) is 11.5. The topological polar surface area (TPSA) is 21.3 Å². The zero-order valence-corrected chi connectivity index (χ0v) is 11.5. The first kappa shape index (κ1) is 15.2. The summed E-state index contributed by atoms with van der Waals surface area (Å²) in [6, 6.07) is 8.34. The maximum absolute atomic E-state index is 12.0. The Balaban J connectivity index is 1.67. The number of hydrogen-bond donors (Lipinski definition) is 1. The van der Waals surface area contributed by atoms with Gasteiger partial charge in [0.25, 0.3) is 0 Å². The average molecular weight is 287 g/mol. The van der Waals surface area contributed by atoms with Crippen LogP contribution in [0.25, 0.3) is 0 Å². The van der Waals surface area contributed by atoms with Crippen LogP contribution in [0.2, 0.25) is 0 Å². The second-order valence-electron chi connectivity index (χ2n) is 5.31. The van der Waals surface area contributed by atoms with E-state index in [1.54, 1.807) is 7.11 Å². The summed E-state index contributed by atoms with van der Waals surface area (Å²) in [5, 5.41) is 3.19. The van der Waals surface area contributed by atoms with E-state index in [9.17, 15) is 13.2 Å². The van der Waals surface area contributed by atoms with Gasteiger partial charge < -0.3 is 10.1 Å². The fraction of sp³-hybridized carbons (Fsp3) is 0.600. The Morgan fingerprint density at radius 2 is 2.05 bits per heavy atom. The average Bonchev–Trinajstić information content (AvgIpc) is 2.35. The molecular formula is C15H20F3NO. The second kappa shape index (κ2) is 6.48. The molecule has 112 valence electrons. The van der Waals surface area contributed by atoms with E-state index in [2.05, 4.69) is 11.4 Å². The lowest BCUT2D eigenvalue weighted by Gasteiger charge is -2.36. The first-order valence-electron chi connectivity index (χ1n) is 6.92. The molecule has 0 unspecified atom stereocenters. The predicted molar refractivity (Wildman–Crippen MR) is 72.0 cm³/mol. The molecule has 2 rings (SSSR count). The standard InChI is InChI=1S/C15H20F3NO/c1-20-14-5-2-4-11(10-14)12-8-13(9-12)19-7-3-6-15(16,17)18/h2,4-5,10,12-13,19H,3,6-9H2,1H3. The highest BCUT2D eigenvalue weighted by molar-refractivity contribution is 5.32. The quantitative estimate of drug-likeness (QED) is 0.802. The number of nitrogens with one attached hydrogen (secondary N) is 1. The van der Waals surface area contributed by atoms with E-state index in [1.807, 2.05) is 18.2 Å². The normalized spacial score (nSPS) is 22.4. The van der Waals surface area contributed by atoms with Crippen molar-refractivity contribution in [2.75, 3.05) is 13.7 Å². The number of halogens is 3. The molecule has 20 heavy (non-hydrogen) atoms. The van der Waals surface area contributed by atoms with E-state index in [0.29, 0.717) is 18.5 Å². The van der Waals surface area contributed by atoms with Crippen molar-refractivity contribution in [2.45, 2.75) is 43.8 Å². The number of hydrogen-bond acceptors (Lipinski definition) is 2. The maximum Gasteiger partial charge on any atom is 0.389 e. The Hall–Kier alpha value is -1.23. The van der Waals surface area contributed by atoms with Gasteiger partial charge >= 0.3 is 6.18 Å². The smallest absolute Gasteiger partial charge is 0.389 e. The van der Waals surface area contributed by atoms with E-state index < -0.39 is 12.6 Å². The van der Waals surface area contributed by atoms with Crippen LogP contribution >= 0.6 is 0 Å². The minimum Gasteiger partial charge on any atom is -0.497 e. The lowest BCUT2D eigenvalue weighted by molar-refractivity contribution is -0.135. The van der Waals surface area contributed by atoms with Crippen LogP contribution in [-0.4, -0.2) is 25.9 Å². The molecule has 1 fully saturated rings. The molecule has 0 heterocycles. The summed E-state index contributed by atoms with van der Waals surface area (Å²) in [7, 11) is 1.64. The molecule has 0 saturated heterocycles. The lowest BCUT2D eigenvalue weighted by atomic mass is 9.76. The fourth-order valence-corrected chi connectivity index (χ4v) is 2.55. The largest absolute Gasteiger partial charge is 0.497 e. The van der Waals surface area contributed by atoms with Crippen molar-refractivity contribution in [2.24, 2.45) is 0 Å². The third-order valence-electron chi connectivity index (χ3n) is 3.77. The van der Waals surface area contributed by atoms with Crippen LogP contribution in [-0.2, 0) is 0 Å². The van der Waals surface area contributed by atoms with E-state index in [0.717, 1.165) is 18.6 Å². The number of rotatable bonds is 6. The van der Waals surface area contributed by atoms with Gasteiger partial charge in [-0.05, 0) is 49.4 Å². The van der Waals surface area contributed by atoms with Gasteiger partial charge in [0.05, 0.1) is 7.11 Å². The fourth-order valence-electron chi connectivity index (χ4n) is 2.55. The van der Waals surface area contributed by atoms with Gasteiger partial charge in [0.2, 0.25) is 0 Å². The van der Waals surface area contributed by atoms with Crippen molar-refractivity contribution in [1.29, 1.82) is 0 Å². The highest BCUT2D eigenvalue weighted by atomic mass is 19.4. The first-order valence-corrected chi connectivity index (χ1v) is 6.92. The van der Waals surface area contributed by atoms with Gasteiger partial charge in [-0.3, -0.25) is 0 Å². The molecule has 1 aliphatic rings. The summed E-state index contributed by atoms with van der Waals surface area (Å²) in [6.45, 7) is 0.439. The molecule has 1 aromatic carbocycles. The summed E-state index contributed by atoms with van der Waals surface area (Å²) in [5.41, 5.74) is 1.25. The highest BCUT2D eigenvalue weighted by Crippen LogP contribution is 2.37. The van der Waals surface area contributed by atoms with Gasteiger partial charge in [-0.2, -0.15) is 13.2 Å². The van der Waals surface area contributed by atoms with Crippen LogP contribution in [0.3, 0.4) is 0 Å². The molecule has 0 bridgehead atoms. The molecule has 0 amide bonds. The number of methoxy groups -OCH3 is 1. The van der Waals surface area contributed by atoms with Crippen LogP contribution in [0.1, 0.15) is 37.2 Å². The minimum atomic E-state index is -4.04. The monoisotopic (exact) mass is 287 g/mol. The predicted octanol–water partition coefficient (Wildman–Crippen LogP) is 3.87. The van der Waals surface area contributed by atoms with Crippen LogP contribution in [0.15, 0.2) is 24.3 Å². The van der Waals surface area contributed by atoms with Crippen molar-refractivity contribution < 1.29 is 17.9 Å². The zero-order chi connectivity index (χ0) is 14.6. The van der Waals surface area contributed by atoms with Crippen LogP contribution < -0.4 is 10.1 Å². The molecule has 0 radical (unpaired) electrons. The van der Waals surface area contributed by atoms with Gasteiger partial charge in [0.1, 0.15) is 5.75 Å². The number of ether oxygens (including phenoxy) is 1. The third kappa shape index (κ3) is 4.40. The third-order valence-corrected chi connectivity index (χ3v) is 3.77. The molecule has 1 saturated carbocycles. The van der Waals surface area contributed by atoms with Gasteiger partial charge in [-0.15, -0.1) is 0 Å². The summed E-state index contributed by atoms with van der Waals surface area (Å²) in [5.74, 6) is 1.34. The summed E-state index contributed by atoms with van der Waals surface area (Å²) >= 11 is 0. The molecule has 0 spiro atoms. The first-order chi connectivity index (χ1) is 9.48. The Kier molecular flexibility index (Phi) is 4.91. The van der Waals surface area contributed by atoms with Crippen LogP contribution in [0.4, 0.5) is 13.2 Å². The van der Waals surface area contributed by atoms with E-state index in [-0.39, 0.29) is 6.42 Å². The van der Waals surface area contributed by atoms with Crippen molar-refractivity contribution in [1.82, 2.24) is 5.32 Å². The van der Waals surface area contributed by atoms with Gasteiger partial charge in [-0.1, -0.05) is 12.1 Å². The number of alkyl halides is 3. The SMILES string of the molecule is COc1cccc(C2CC(NCCCC(F)(F)F)C2)c1. The summed E-state index contributed by atoms with van der Waals surface area (Å²) in [6.07, 6.45) is -2.61. The second-order valence-corrected chi connectivity index (χ2v) is 5.31. The Labute approximate surface area is 117 Å². The Bertz CT molecular complexity index is 427. The van der Waals surface area contributed by atoms with E-state index in [1.165, 1.54) is 5.56 Å². The molecular weight excluding hydrogens is 267 g/mol. The molecule has 1 aromatic rings. The molecule has 0 aromatic heterocycles. The lowest BCUT2D eigenvalue weighted by Crippen LogP contribution is -2.40. The highest BCUT2D eigenvalue weighted by Gasteiger charge is 2.30. The van der Waals surface area contributed by atoms with Crippen molar-refractivity contribution in [3.8, 4) is 5.75 Å². The number of benzene rings is 1. The molecule has 2 nitrogen and oxygen atoms in total. The molecule has 0 atom stereocenters. The molecule has 1 N–H and O–H groups in total. The summed E-state index contributed by atoms with van der Waals surface area (Å²) in [4.78, 5) is 0. The maximum atomic E-state index is 12.0. The molecule has 0 aliphatic heterocycles. The Morgan fingerprint density at radius 1 is 1.30 bits per heavy atom. The van der Waals surface area contributed by atoms with Crippen LogP contribution in [0.5, 0.6) is 5.75 Å². The molecule has 5 heteroatoms. The van der Waals surface area contributed by atoms with Crippen LogP contribution in [0, 0.1) is 0 Å². The van der Waals surface area contributed by atoms with Gasteiger partial charge in [-0.25, -0.2) is 0 Å².